The predicted octanol–water partition coefficient (Wildman–Crippen LogP) is -3.02. The van der Waals surface area contributed by atoms with Crippen LogP contribution in [0.15, 0.2) is 37.2 Å². The van der Waals surface area contributed by atoms with Crippen LogP contribution in [-0.4, -0.2) is 105 Å². The summed E-state index contributed by atoms with van der Waals surface area (Å²) in [5, 5.41) is 41.6. The molecule has 0 aliphatic carbocycles. The van der Waals surface area contributed by atoms with Crippen LogP contribution in [0.5, 0.6) is 0 Å². The second kappa shape index (κ2) is 12.4. The number of nitrogens with zero attached hydrogens (tertiary/aromatic N) is 5. The molecule has 10 atom stereocenters. The smallest absolute Gasteiger partial charge is 0.387 e. The summed E-state index contributed by atoms with van der Waals surface area (Å²) in [4.78, 5) is 43.3. The van der Waals surface area contributed by atoms with Crippen molar-refractivity contribution in [2.24, 2.45) is 5.73 Å². The van der Waals surface area contributed by atoms with Gasteiger partial charge in [-0.25, -0.2) is 24.1 Å². The normalized spacial score (nSPS) is 31.6. The van der Waals surface area contributed by atoms with Crippen molar-refractivity contribution in [2.75, 3.05) is 18.9 Å². The monoisotopic (exact) mass is 664 g/mol. The van der Waals surface area contributed by atoms with Crippen LogP contribution in [0.25, 0.3) is 11.2 Å². The largest absolute Gasteiger partial charge is 0.481 e. The van der Waals surface area contributed by atoms with Crippen LogP contribution in [0.4, 0.5) is 5.82 Å². The van der Waals surface area contributed by atoms with Crippen molar-refractivity contribution in [1.82, 2.24) is 19.5 Å². The molecule has 23 heteroatoms. The molecule has 21 nitrogen and oxygen atoms in total. The molecule has 2 unspecified atom stereocenters. The summed E-state index contributed by atoms with van der Waals surface area (Å²) < 4.78 is 52.0. The van der Waals surface area contributed by atoms with Gasteiger partial charge in [0.15, 0.2) is 36.2 Å². The molecule has 5 heterocycles. The van der Waals surface area contributed by atoms with E-state index in [1.165, 1.54) is 40.0 Å². The van der Waals surface area contributed by atoms with Crippen LogP contribution < -0.4 is 16.0 Å². The highest BCUT2D eigenvalue weighted by atomic mass is 31.3. The Morgan fingerprint density at radius 2 is 1.61 bits per heavy atom. The molecule has 5 rings (SSSR count). The number of fused-ring (bicyclic) bond motifs is 1. The Bertz CT molecular complexity index is 1630. The van der Waals surface area contributed by atoms with Crippen LogP contribution in [0.2, 0.25) is 0 Å². The van der Waals surface area contributed by atoms with Gasteiger partial charge in [0.25, 0.3) is 12.1 Å². The maximum absolute atomic E-state index is 12.4. The van der Waals surface area contributed by atoms with E-state index in [0.29, 0.717) is 0 Å². The van der Waals surface area contributed by atoms with Crippen molar-refractivity contribution in [3.05, 3.63) is 42.7 Å². The molecule has 240 valence electrons. The number of pyridine rings is 1. The Morgan fingerprint density at radius 3 is 2.27 bits per heavy atom. The lowest BCUT2D eigenvalue weighted by Crippen LogP contribution is -2.46. The summed E-state index contributed by atoms with van der Waals surface area (Å²) in [7, 11) is -10.7. The lowest BCUT2D eigenvalue weighted by molar-refractivity contribution is -0.765. The molecule has 0 saturated carbocycles. The molecule has 0 radical (unpaired) electrons. The summed E-state index contributed by atoms with van der Waals surface area (Å²) in [5.74, 6) is -0.714. The zero-order valence-corrected chi connectivity index (χ0v) is 24.0. The quantitative estimate of drug-likeness (QED) is 0.0747. The summed E-state index contributed by atoms with van der Waals surface area (Å²) in [6, 6.07) is 2.83. The Balaban J connectivity index is 1.16. The van der Waals surface area contributed by atoms with Gasteiger partial charge >= 0.3 is 15.6 Å². The van der Waals surface area contributed by atoms with Gasteiger partial charge in [-0.3, -0.25) is 18.4 Å². The Hall–Kier alpha value is -3.01. The molecule has 1 amide bonds. The predicted molar refractivity (Wildman–Crippen MR) is 139 cm³/mol. The standard InChI is InChI=1S/C21H27N7O14P2/c22-17-12-19(25-7-24-17)28(8-26-12)21-16(32)14(30)11(41-21)6-39-44(36,37)42-43(34,35)38-5-10-13(29)15(31)20(40-10)27-3-1-2-9(4-27)18(23)33/h1-4,7-8,10-11,13-16,20-21,29-32H,5-6H2,(H5-,22,23,24,25,33,34,35,36,37)/p+1/t10-,11-,13-,14+,15-,16-,20-,21-/m1/s1. The number of nitrogens with two attached hydrogens (primary N) is 2. The van der Waals surface area contributed by atoms with Crippen molar-refractivity contribution < 1.29 is 71.5 Å². The van der Waals surface area contributed by atoms with Crippen molar-refractivity contribution >= 4 is 38.5 Å². The molecule has 2 aliphatic heterocycles. The van der Waals surface area contributed by atoms with Gasteiger partial charge in [-0.05, 0) is 6.07 Å². The first-order chi connectivity index (χ1) is 20.7. The fourth-order valence-corrected chi connectivity index (χ4v) is 6.67. The number of ether oxygens (including phenoxy) is 2. The highest BCUT2D eigenvalue weighted by Crippen LogP contribution is 2.60. The van der Waals surface area contributed by atoms with Gasteiger partial charge < -0.3 is 51.2 Å². The van der Waals surface area contributed by atoms with Crippen LogP contribution in [0, 0.1) is 0 Å². The second-order valence-electron chi connectivity index (χ2n) is 9.69. The van der Waals surface area contributed by atoms with Crippen molar-refractivity contribution in [1.29, 1.82) is 0 Å². The zero-order chi connectivity index (χ0) is 32.0. The van der Waals surface area contributed by atoms with Crippen LogP contribution in [0.3, 0.4) is 0 Å². The second-order valence-corrected chi connectivity index (χ2v) is 12.7. The van der Waals surface area contributed by atoms with Crippen LogP contribution in [-0.2, 0) is 32.0 Å². The third-order valence-corrected chi connectivity index (χ3v) is 9.35. The highest BCUT2D eigenvalue weighted by molar-refractivity contribution is 7.61. The molecule has 0 aromatic carbocycles. The number of phosphoric acid groups is 2. The number of aliphatic hydroxyl groups excluding tert-OH is 4. The number of phosphoric ester groups is 2. The molecule has 3 aromatic rings. The van der Waals surface area contributed by atoms with Gasteiger partial charge in [0.2, 0.25) is 0 Å². The van der Waals surface area contributed by atoms with E-state index >= 15 is 0 Å². The first-order valence-corrected chi connectivity index (χ1v) is 15.6. The van der Waals surface area contributed by atoms with Gasteiger partial charge in [0, 0.05) is 6.07 Å². The van der Waals surface area contributed by atoms with Gasteiger partial charge in [0.05, 0.1) is 19.5 Å². The summed E-state index contributed by atoms with van der Waals surface area (Å²) in [6.07, 6.45) is -6.85. The van der Waals surface area contributed by atoms with E-state index in [2.05, 4.69) is 23.8 Å². The lowest BCUT2D eigenvalue weighted by Gasteiger charge is -2.20. The average Bonchev–Trinajstić information content (AvgIpc) is 3.61. The van der Waals surface area contributed by atoms with Gasteiger partial charge in [-0.15, -0.1) is 0 Å². The number of anilines is 1. The number of hydrogen-bond acceptors (Lipinski definition) is 16. The third kappa shape index (κ3) is 6.65. The number of carbonyl (C=O) groups excluding carboxylic acids is 1. The topological polar surface area (TPSA) is 318 Å². The number of imidazole rings is 1. The molecule has 0 bridgehead atoms. The molecule has 2 aliphatic rings. The number of nitrogen functional groups attached to an aromatic ring is 1. The maximum atomic E-state index is 12.4. The number of rotatable bonds is 11. The molecule has 2 saturated heterocycles. The minimum absolute atomic E-state index is 0.0505. The number of hydrogen-bond donors (Lipinski definition) is 8. The summed E-state index contributed by atoms with van der Waals surface area (Å²) in [5.41, 5.74) is 11.4. The van der Waals surface area contributed by atoms with E-state index in [1.54, 1.807) is 0 Å². The van der Waals surface area contributed by atoms with E-state index in [4.69, 9.17) is 25.5 Å². The summed E-state index contributed by atoms with van der Waals surface area (Å²) >= 11 is 0. The van der Waals surface area contributed by atoms with Crippen LogP contribution in [0.1, 0.15) is 22.8 Å². The molecular formula is C21H28N7O14P2+. The first-order valence-electron chi connectivity index (χ1n) is 12.6. The van der Waals surface area contributed by atoms with E-state index in [1.807, 2.05) is 0 Å². The Kier molecular flexibility index (Phi) is 9.13. The van der Waals surface area contributed by atoms with Gasteiger partial charge in [-0.2, -0.15) is 8.88 Å². The fourth-order valence-electron chi connectivity index (χ4n) is 4.58. The van der Waals surface area contributed by atoms with Crippen LogP contribution >= 0.6 is 15.6 Å². The molecule has 2 fully saturated rings. The number of amides is 1. The minimum atomic E-state index is -5.37. The van der Waals surface area contributed by atoms with E-state index in [-0.39, 0.29) is 22.5 Å². The lowest BCUT2D eigenvalue weighted by atomic mass is 10.1. The maximum Gasteiger partial charge on any atom is 0.481 e. The van der Waals surface area contributed by atoms with E-state index in [0.717, 1.165) is 6.33 Å². The van der Waals surface area contributed by atoms with Gasteiger partial charge in [0.1, 0.15) is 47.9 Å². The summed E-state index contributed by atoms with van der Waals surface area (Å²) in [6.45, 7) is -1.80. The number of aromatic nitrogens is 5. The van der Waals surface area contributed by atoms with E-state index < -0.39 is 83.8 Å². The molecule has 10 N–H and O–H groups in total. The van der Waals surface area contributed by atoms with Crippen molar-refractivity contribution in [3.8, 4) is 0 Å². The molecule has 0 spiro atoms. The van der Waals surface area contributed by atoms with Crippen molar-refractivity contribution in [2.45, 2.75) is 49.1 Å². The zero-order valence-electron chi connectivity index (χ0n) is 22.2. The fraction of sp³-hybridized carbons (Fsp3) is 0.476. The number of aliphatic hydroxyl groups is 4. The van der Waals surface area contributed by atoms with E-state index in [9.17, 15) is 44.1 Å². The Labute approximate surface area is 246 Å². The Morgan fingerprint density at radius 1 is 0.977 bits per heavy atom. The molecule has 3 aromatic heterocycles. The molecular weight excluding hydrogens is 636 g/mol. The number of carbonyl (C=O) groups is 1. The average molecular weight is 664 g/mol. The third-order valence-electron chi connectivity index (χ3n) is 6.75. The highest BCUT2D eigenvalue weighted by Gasteiger charge is 2.50. The minimum Gasteiger partial charge on any atom is -0.387 e. The molecule has 44 heavy (non-hydrogen) atoms. The first kappa shape index (κ1) is 32.4. The SMILES string of the molecule is NC(=O)c1ccc[n+]([C@@H]2O[C@H](COP(=O)(O)OP(=O)(O)OC[C@H]3O[C@@H](n4cnc5c(N)ncnc54)[C@H](O)[C@H]3O)[C@@H](O)[C@H]2O)c1. The van der Waals surface area contributed by atoms with Crippen molar-refractivity contribution in [3.63, 3.8) is 0 Å². The number of primary amides is 1. The van der Waals surface area contributed by atoms with Gasteiger partial charge in [-0.1, -0.05) is 0 Å².